The molecule has 1 rings (SSSR count). The molecule has 0 saturated heterocycles. The second-order valence-corrected chi connectivity index (χ2v) is 8.42. The molecule has 8 heteroatoms. The number of amides is 1. The van der Waals surface area contributed by atoms with Crippen LogP contribution in [0.5, 0.6) is 0 Å². The third-order valence-electron chi connectivity index (χ3n) is 3.36. The highest BCUT2D eigenvalue weighted by atomic mass is 16.6. The number of oxime groups is 1. The van der Waals surface area contributed by atoms with Gasteiger partial charge in [0, 0.05) is 18.7 Å². The van der Waals surface area contributed by atoms with Crippen molar-refractivity contribution in [3.05, 3.63) is 35.4 Å². The number of carbonyl (C=O) groups is 2. The van der Waals surface area contributed by atoms with E-state index in [1.54, 1.807) is 65.8 Å². The minimum atomic E-state index is -0.670. The van der Waals surface area contributed by atoms with E-state index >= 15 is 0 Å². The predicted molar refractivity (Wildman–Crippen MR) is 106 cm³/mol. The lowest BCUT2D eigenvalue weighted by Gasteiger charge is -2.28. The third kappa shape index (κ3) is 8.75. The predicted octanol–water partition coefficient (Wildman–Crippen LogP) is 3.25. The molecule has 0 spiro atoms. The Morgan fingerprint density at radius 1 is 1.11 bits per heavy atom. The number of nitrogens with two attached hydrogens (primary N) is 1. The van der Waals surface area contributed by atoms with Gasteiger partial charge >= 0.3 is 12.1 Å². The van der Waals surface area contributed by atoms with Crippen molar-refractivity contribution in [2.24, 2.45) is 10.9 Å². The van der Waals surface area contributed by atoms with Gasteiger partial charge in [0.1, 0.15) is 11.2 Å². The molecule has 1 aromatic rings. The van der Waals surface area contributed by atoms with E-state index in [2.05, 4.69) is 5.16 Å². The Kier molecular flexibility index (Phi) is 7.84. The Morgan fingerprint density at radius 2 is 1.71 bits per heavy atom. The summed E-state index contributed by atoms with van der Waals surface area (Å²) in [5.74, 6) is -0.425. The summed E-state index contributed by atoms with van der Waals surface area (Å²) < 4.78 is 10.8. The zero-order valence-corrected chi connectivity index (χ0v) is 17.5. The van der Waals surface area contributed by atoms with Gasteiger partial charge in [0.05, 0.1) is 6.42 Å². The van der Waals surface area contributed by atoms with Gasteiger partial charge in [0.2, 0.25) is 0 Å². The monoisotopic (exact) mass is 393 g/mol. The number of benzene rings is 1. The molecule has 0 atom stereocenters. The number of rotatable bonds is 6. The molecule has 0 fully saturated rings. The summed E-state index contributed by atoms with van der Waals surface area (Å²) in [6, 6.07) is 6.94. The van der Waals surface area contributed by atoms with Crippen LogP contribution in [0.15, 0.2) is 29.4 Å². The van der Waals surface area contributed by atoms with E-state index in [4.69, 9.17) is 20.4 Å². The third-order valence-corrected chi connectivity index (χ3v) is 3.36. The number of hydrogen-bond acceptors (Lipinski definition) is 6. The Hall–Kier alpha value is -2.77. The summed E-state index contributed by atoms with van der Waals surface area (Å²) in [5.41, 5.74) is 5.64. The molecule has 28 heavy (non-hydrogen) atoms. The van der Waals surface area contributed by atoms with Crippen LogP contribution in [0.3, 0.4) is 0 Å². The van der Waals surface area contributed by atoms with Crippen LogP contribution in [0.4, 0.5) is 4.79 Å². The molecule has 0 aliphatic carbocycles. The fourth-order valence-corrected chi connectivity index (χ4v) is 2.29. The van der Waals surface area contributed by atoms with E-state index in [0.29, 0.717) is 5.56 Å². The van der Waals surface area contributed by atoms with Gasteiger partial charge in [-0.3, -0.25) is 4.79 Å². The number of ether oxygens (including phenoxy) is 2. The number of nitrogens with zero attached hydrogens (tertiary/aromatic N) is 2. The maximum Gasteiger partial charge on any atom is 0.410 e. The van der Waals surface area contributed by atoms with Crippen molar-refractivity contribution >= 4 is 17.9 Å². The zero-order chi connectivity index (χ0) is 21.5. The molecule has 0 radical (unpaired) electrons. The van der Waals surface area contributed by atoms with Crippen LogP contribution in [0.25, 0.3) is 0 Å². The summed E-state index contributed by atoms with van der Waals surface area (Å²) in [6.07, 6.45) is -0.499. The second kappa shape index (κ2) is 9.43. The molecule has 8 nitrogen and oxygen atoms in total. The van der Waals surface area contributed by atoms with Crippen molar-refractivity contribution < 1.29 is 24.3 Å². The molecule has 1 aromatic carbocycles. The number of esters is 1. The lowest BCUT2D eigenvalue weighted by Crippen LogP contribution is -2.38. The summed E-state index contributed by atoms with van der Waals surface area (Å²) in [4.78, 5) is 26.1. The first-order chi connectivity index (χ1) is 12.8. The summed E-state index contributed by atoms with van der Waals surface area (Å²) in [7, 11) is 0. The van der Waals surface area contributed by atoms with Crippen molar-refractivity contribution in [3.63, 3.8) is 0 Å². The average molecular weight is 393 g/mol. The fraction of sp³-hybridized carbons (Fsp3) is 0.550. The summed E-state index contributed by atoms with van der Waals surface area (Å²) in [5, 5.41) is 11.8. The molecule has 0 aliphatic heterocycles. The van der Waals surface area contributed by atoms with Gasteiger partial charge in [0.15, 0.2) is 5.84 Å². The Morgan fingerprint density at radius 3 is 2.25 bits per heavy atom. The molecule has 0 aliphatic rings. The molecule has 3 N–H and O–H groups in total. The lowest BCUT2D eigenvalue weighted by molar-refractivity contribution is -0.155. The number of hydrogen-bond donors (Lipinski definition) is 2. The molecular weight excluding hydrogens is 362 g/mol. The van der Waals surface area contributed by atoms with E-state index in [0.717, 1.165) is 5.56 Å². The van der Waals surface area contributed by atoms with E-state index in [-0.39, 0.29) is 25.3 Å². The Balaban J connectivity index is 2.95. The van der Waals surface area contributed by atoms with Crippen molar-refractivity contribution in [3.8, 4) is 0 Å². The molecular formula is C20H31N3O5. The second-order valence-electron chi connectivity index (χ2n) is 8.42. The minimum Gasteiger partial charge on any atom is -0.460 e. The van der Waals surface area contributed by atoms with Crippen LogP contribution in [-0.4, -0.2) is 45.8 Å². The van der Waals surface area contributed by atoms with Gasteiger partial charge in [-0.25, -0.2) is 4.79 Å². The van der Waals surface area contributed by atoms with E-state index in [9.17, 15) is 9.59 Å². The van der Waals surface area contributed by atoms with Crippen LogP contribution in [-0.2, 0) is 20.8 Å². The van der Waals surface area contributed by atoms with Gasteiger partial charge in [0.25, 0.3) is 0 Å². The minimum absolute atomic E-state index is 0.0283. The molecule has 0 bridgehead atoms. The largest absolute Gasteiger partial charge is 0.460 e. The molecule has 1 amide bonds. The molecule has 0 aromatic heterocycles. The van der Waals surface area contributed by atoms with E-state index in [1.165, 1.54) is 4.90 Å². The van der Waals surface area contributed by atoms with Gasteiger partial charge in [-0.2, -0.15) is 0 Å². The van der Waals surface area contributed by atoms with E-state index in [1.807, 2.05) is 0 Å². The van der Waals surface area contributed by atoms with Crippen LogP contribution < -0.4 is 5.73 Å². The van der Waals surface area contributed by atoms with Crippen LogP contribution >= 0.6 is 0 Å². The van der Waals surface area contributed by atoms with Crippen molar-refractivity contribution in [1.82, 2.24) is 4.90 Å². The van der Waals surface area contributed by atoms with Gasteiger partial charge in [-0.15, -0.1) is 0 Å². The Labute approximate surface area is 166 Å². The highest BCUT2D eigenvalue weighted by molar-refractivity contribution is 5.97. The number of amidine groups is 1. The van der Waals surface area contributed by atoms with Gasteiger partial charge in [-0.1, -0.05) is 23.4 Å². The highest BCUT2D eigenvalue weighted by Crippen LogP contribution is 2.15. The smallest absolute Gasteiger partial charge is 0.410 e. The fourth-order valence-electron chi connectivity index (χ4n) is 2.29. The quantitative estimate of drug-likeness (QED) is 0.252. The first kappa shape index (κ1) is 23.3. The van der Waals surface area contributed by atoms with Crippen LogP contribution in [0.2, 0.25) is 0 Å². The van der Waals surface area contributed by atoms with Crippen molar-refractivity contribution in [2.45, 2.75) is 65.7 Å². The molecule has 156 valence electrons. The summed E-state index contributed by atoms with van der Waals surface area (Å²) in [6.45, 7) is 11.0. The normalized spacial score (nSPS) is 12.4. The first-order valence-corrected chi connectivity index (χ1v) is 9.07. The Bertz CT molecular complexity index is 717. The van der Waals surface area contributed by atoms with Crippen LogP contribution in [0.1, 0.15) is 59.1 Å². The maximum atomic E-state index is 12.6. The molecule has 0 heterocycles. The maximum absolute atomic E-state index is 12.6. The summed E-state index contributed by atoms with van der Waals surface area (Å²) >= 11 is 0. The highest BCUT2D eigenvalue weighted by Gasteiger charge is 2.24. The molecule has 0 unspecified atom stereocenters. The van der Waals surface area contributed by atoms with E-state index < -0.39 is 23.3 Å². The zero-order valence-electron chi connectivity index (χ0n) is 17.5. The topological polar surface area (TPSA) is 114 Å². The average Bonchev–Trinajstić information content (AvgIpc) is 2.54. The standard InChI is InChI=1S/C20H31N3O5/c1-19(2,3)27-16(24)10-11-23(18(25)28-20(4,5)6)13-14-8-7-9-15(12-14)17(21)22-26/h7-9,12,26H,10-11,13H2,1-6H3,(H2,21,22). The van der Waals surface area contributed by atoms with Gasteiger partial charge < -0.3 is 25.3 Å². The van der Waals surface area contributed by atoms with Crippen LogP contribution in [0, 0.1) is 0 Å². The van der Waals surface area contributed by atoms with Crippen molar-refractivity contribution in [1.29, 1.82) is 0 Å². The first-order valence-electron chi connectivity index (χ1n) is 9.07. The van der Waals surface area contributed by atoms with Gasteiger partial charge in [-0.05, 0) is 53.2 Å². The SMILES string of the molecule is CC(C)(C)OC(=O)CCN(Cc1cccc(/C(N)=N/O)c1)C(=O)OC(C)(C)C. The van der Waals surface area contributed by atoms with Crippen molar-refractivity contribution in [2.75, 3.05) is 6.54 Å². The number of carbonyl (C=O) groups excluding carboxylic acids is 2. The lowest BCUT2D eigenvalue weighted by atomic mass is 10.1. The molecule has 0 saturated carbocycles.